The minimum Gasteiger partial charge on any atom is -0.442 e. The molecule has 1 atom stereocenters. The van der Waals surface area contributed by atoms with Gasteiger partial charge in [0.25, 0.3) is 0 Å². The van der Waals surface area contributed by atoms with Gasteiger partial charge in [0.15, 0.2) is 6.29 Å². The molecule has 3 rings (SSSR count). The molecular weight excluding hydrogens is 222 g/mol. The van der Waals surface area contributed by atoms with E-state index < -0.39 is 0 Å². The Hall–Kier alpha value is -1.88. The third-order valence-electron chi connectivity index (χ3n) is 2.59. The Bertz CT molecular complexity index is 526. The number of cyclic esters (lactones) is 1. The van der Waals surface area contributed by atoms with Gasteiger partial charge in [-0.15, -0.1) is 0 Å². The summed E-state index contributed by atoms with van der Waals surface area (Å²) in [5.41, 5.74) is 0.850. The van der Waals surface area contributed by atoms with E-state index >= 15 is 0 Å². The van der Waals surface area contributed by atoms with Gasteiger partial charge >= 0.3 is 6.09 Å². The van der Waals surface area contributed by atoms with Gasteiger partial charge in [0.1, 0.15) is 6.10 Å². The van der Waals surface area contributed by atoms with Gasteiger partial charge in [0, 0.05) is 12.7 Å². The Labute approximate surface area is 98.0 Å². The standard InChI is InChI=1S/C7H4O.C5H9NO3/c8-4-6-3-5-1-2-7(5)6;1-8-3-4-2-6-5(7)9-4/h1-4H;4H,2-3H2,1H3,(H,6,7). The Morgan fingerprint density at radius 1 is 1.59 bits per heavy atom. The second kappa shape index (κ2) is 4.97. The number of rotatable bonds is 3. The number of alkyl carbamates (subject to hydrolysis) is 1. The van der Waals surface area contributed by atoms with Crippen molar-refractivity contribution < 1.29 is 19.1 Å². The number of methoxy groups -OCH3 is 1. The van der Waals surface area contributed by atoms with Crippen molar-refractivity contribution >= 4 is 12.4 Å². The van der Waals surface area contributed by atoms with Gasteiger partial charge in [0.2, 0.25) is 0 Å². The van der Waals surface area contributed by atoms with E-state index in [2.05, 4.69) is 5.32 Å². The van der Waals surface area contributed by atoms with Crippen LogP contribution in [0.25, 0.3) is 0 Å². The molecule has 1 saturated heterocycles. The van der Waals surface area contributed by atoms with Crippen LogP contribution in [-0.2, 0) is 9.47 Å². The van der Waals surface area contributed by atoms with Crippen LogP contribution in [0, 0.1) is 10.4 Å². The van der Waals surface area contributed by atoms with Crippen LogP contribution < -0.4 is 5.32 Å². The quantitative estimate of drug-likeness (QED) is 0.801. The maximum absolute atomic E-state index is 10.3. The van der Waals surface area contributed by atoms with Crippen LogP contribution in [0.1, 0.15) is 10.4 Å². The monoisotopic (exact) mass is 235 g/mol. The van der Waals surface area contributed by atoms with Crippen molar-refractivity contribution in [3.8, 4) is 0 Å². The number of amides is 1. The summed E-state index contributed by atoms with van der Waals surface area (Å²) in [6.07, 6.45) is 0.446. The number of aldehydes is 1. The minimum absolute atomic E-state index is 0.0949. The molecule has 1 heterocycles. The Balaban J connectivity index is 0.000000127. The highest BCUT2D eigenvalue weighted by atomic mass is 16.6. The van der Waals surface area contributed by atoms with Crippen LogP contribution in [0.4, 0.5) is 4.79 Å². The summed E-state index contributed by atoms with van der Waals surface area (Å²) < 4.78 is 9.48. The first-order chi connectivity index (χ1) is 8.24. The van der Waals surface area contributed by atoms with E-state index in [4.69, 9.17) is 9.47 Å². The van der Waals surface area contributed by atoms with Crippen molar-refractivity contribution in [2.24, 2.45) is 0 Å². The Morgan fingerprint density at radius 3 is 2.71 bits per heavy atom. The number of hydrogen-bond acceptors (Lipinski definition) is 4. The second-order valence-corrected chi connectivity index (χ2v) is 3.78. The molecule has 0 spiro atoms. The largest absolute Gasteiger partial charge is 0.442 e. The third kappa shape index (κ3) is 2.45. The molecule has 0 aromatic carbocycles. The molecule has 0 aromatic heterocycles. The molecule has 17 heavy (non-hydrogen) atoms. The highest BCUT2D eigenvalue weighted by molar-refractivity contribution is 5.77. The SMILES string of the molecule is COCC1CNC(=O)O1.O=Cc1cc2ccc1=2. The molecule has 2 aliphatic carbocycles. The van der Waals surface area contributed by atoms with Crippen molar-refractivity contribution in [3.05, 3.63) is 34.2 Å². The van der Waals surface area contributed by atoms with E-state index in [-0.39, 0.29) is 12.2 Å². The molecule has 1 unspecified atom stereocenters. The molecule has 90 valence electrons. The van der Waals surface area contributed by atoms with Crippen LogP contribution in [0.3, 0.4) is 0 Å². The number of nitrogens with one attached hydrogen (secondary N) is 1. The molecule has 1 fully saturated rings. The molecular formula is C12H13NO4. The smallest absolute Gasteiger partial charge is 0.407 e. The summed E-state index contributed by atoms with van der Waals surface area (Å²) in [6.45, 7) is 1.03. The average molecular weight is 235 g/mol. The third-order valence-corrected chi connectivity index (χ3v) is 2.59. The highest BCUT2D eigenvalue weighted by Gasteiger charge is 2.21. The Kier molecular flexibility index (Phi) is 3.39. The van der Waals surface area contributed by atoms with Crippen molar-refractivity contribution in [2.45, 2.75) is 6.10 Å². The topological polar surface area (TPSA) is 64.6 Å². The number of hydrogen-bond donors (Lipinski definition) is 1. The molecule has 0 aromatic rings. The molecule has 1 aliphatic heterocycles. The van der Waals surface area contributed by atoms with Crippen LogP contribution in [0.2, 0.25) is 0 Å². The second-order valence-electron chi connectivity index (χ2n) is 3.78. The molecule has 3 aliphatic rings. The summed E-state index contributed by atoms with van der Waals surface area (Å²) >= 11 is 0. The average Bonchev–Trinajstić information content (AvgIpc) is 2.69. The van der Waals surface area contributed by atoms with E-state index in [0.717, 1.165) is 17.1 Å². The van der Waals surface area contributed by atoms with Crippen LogP contribution in [0.5, 0.6) is 0 Å². The van der Waals surface area contributed by atoms with Gasteiger partial charge in [-0.05, 0) is 16.5 Å². The van der Waals surface area contributed by atoms with Crippen LogP contribution in [0.15, 0.2) is 18.2 Å². The summed E-state index contributed by atoms with van der Waals surface area (Å²) in [5, 5.41) is 4.88. The predicted molar refractivity (Wildman–Crippen MR) is 59.6 cm³/mol. The fraction of sp³-hybridized carbons (Fsp3) is 0.333. The normalized spacial score (nSPS) is 18.6. The van der Waals surface area contributed by atoms with Crippen LogP contribution >= 0.6 is 0 Å². The van der Waals surface area contributed by atoms with Crippen molar-refractivity contribution in [1.82, 2.24) is 5.32 Å². The molecule has 1 N–H and O–H groups in total. The molecule has 5 nitrogen and oxygen atoms in total. The van der Waals surface area contributed by atoms with Crippen molar-refractivity contribution in [2.75, 3.05) is 20.3 Å². The zero-order valence-corrected chi connectivity index (χ0v) is 9.43. The van der Waals surface area contributed by atoms with E-state index in [1.807, 2.05) is 18.2 Å². The van der Waals surface area contributed by atoms with E-state index in [9.17, 15) is 9.59 Å². The van der Waals surface area contributed by atoms with Crippen molar-refractivity contribution in [1.29, 1.82) is 0 Å². The van der Waals surface area contributed by atoms with Gasteiger partial charge in [-0.25, -0.2) is 4.79 Å². The van der Waals surface area contributed by atoms with Gasteiger partial charge in [-0.3, -0.25) is 4.79 Å². The van der Waals surface area contributed by atoms with E-state index in [0.29, 0.717) is 13.2 Å². The highest BCUT2D eigenvalue weighted by Crippen LogP contribution is 2.12. The molecule has 0 saturated carbocycles. The number of carbonyl (C=O) groups is 2. The molecule has 1 amide bonds. The molecule has 0 radical (unpaired) electrons. The lowest BCUT2D eigenvalue weighted by atomic mass is 10.0. The summed E-state index contributed by atoms with van der Waals surface area (Å²) in [7, 11) is 1.58. The summed E-state index contributed by atoms with van der Waals surface area (Å²) in [4.78, 5) is 20.4. The fourth-order valence-corrected chi connectivity index (χ4v) is 1.63. The van der Waals surface area contributed by atoms with Gasteiger partial charge < -0.3 is 14.8 Å². The summed E-state index contributed by atoms with van der Waals surface area (Å²) in [6, 6.07) is 5.85. The van der Waals surface area contributed by atoms with E-state index in [1.165, 1.54) is 5.22 Å². The van der Waals surface area contributed by atoms with Gasteiger partial charge in [-0.2, -0.15) is 0 Å². The first-order valence-electron chi connectivity index (χ1n) is 5.27. The minimum atomic E-state index is -0.350. The first kappa shape index (κ1) is 11.6. The Morgan fingerprint density at radius 2 is 2.41 bits per heavy atom. The lowest BCUT2D eigenvalue weighted by Crippen LogP contribution is -2.19. The van der Waals surface area contributed by atoms with Gasteiger partial charge in [-0.1, -0.05) is 12.1 Å². The summed E-state index contributed by atoms with van der Waals surface area (Å²) in [5.74, 6) is 0. The lowest BCUT2D eigenvalue weighted by Gasteiger charge is -2.03. The predicted octanol–water partition coefficient (Wildman–Crippen LogP) is 0.841. The first-order valence-corrected chi connectivity index (χ1v) is 5.27. The maximum Gasteiger partial charge on any atom is 0.407 e. The number of carbonyl (C=O) groups excluding carboxylic acids is 2. The lowest BCUT2D eigenvalue weighted by molar-refractivity contribution is 0.0717. The van der Waals surface area contributed by atoms with Crippen LogP contribution in [-0.4, -0.2) is 38.7 Å². The number of ether oxygens (including phenoxy) is 2. The van der Waals surface area contributed by atoms with E-state index in [1.54, 1.807) is 7.11 Å². The van der Waals surface area contributed by atoms with Gasteiger partial charge in [0.05, 0.1) is 13.2 Å². The zero-order valence-electron chi connectivity index (χ0n) is 9.43. The maximum atomic E-state index is 10.3. The number of benzene rings is 1. The molecule has 5 heteroatoms. The van der Waals surface area contributed by atoms with Crippen molar-refractivity contribution in [3.63, 3.8) is 0 Å². The molecule has 0 bridgehead atoms. The zero-order chi connectivity index (χ0) is 12.3. The fourth-order valence-electron chi connectivity index (χ4n) is 1.63.